The van der Waals surface area contributed by atoms with Crippen LogP contribution in [0.25, 0.3) is 10.8 Å². The molecule has 0 amide bonds. The van der Waals surface area contributed by atoms with E-state index in [2.05, 4.69) is 0 Å². The van der Waals surface area contributed by atoms with E-state index in [0.29, 0.717) is 10.9 Å². The van der Waals surface area contributed by atoms with Gasteiger partial charge in [0, 0.05) is 17.1 Å². The molecule has 2 aromatic carbocycles. The van der Waals surface area contributed by atoms with Crippen LogP contribution in [0.4, 0.5) is 0 Å². The lowest BCUT2D eigenvalue weighted by Gasteiger charge is -2.06. The van der Waals surface area contributed by atoms with Gasteiger partial charge < -0.3 is 4.57 Å². The zero-order valence-electron chi connectivity index (χ0n) is 10.8. The summed E-state index contributed by atoms with van der Waals surface area (Å²) in [6.07, 6.45) is 1.67. The molecular weight excluding hydrogens is 250 g/mol. The predicted octanol–water partition coefficient (Wildman–Crippen LogP) is 2.88. The van der Waals surface area contributed by atoms with Gasteiger partial charge in [-0.2, -0.15) is 0 Å². The Balaban J connectivity index is 1.98. The summed E-state index contributed by atoms with van der Waals surface area (Å²) in [7, 11) is 0. The number of benzene rings is 2. The Morgan fingerprint density at radius 1 is 0.900 bits per heavy atom. The van der Waals surface area contributed by atoms with Crippen LogP contribution in [-0.4, -0.2) is 10.4 Å². The third-order valence-electron chi connectivity index (χ3n) is 3.30. The minimum absolute atomic E-state index is 0.0632. The maximum atomic E-state index is 12.3. The molecule has 0 radical (unpaired) electrons. The van der Waals surface area contributed by atoms with Gasteiger partial charge in [0.15, 0.2) is 5.78 Å². The van der Waals surface area contributed by atoms with Crippen molar-refractivity contribution in [2.45, 2.75) is 6.54 Å². The second-order valence-electron chi connectivity index (χ2n) is 4.63. The smallest absolute Gasteiger partial charge is 0.258 e. The van der Waals surface area contributed by atoms with Crippen molar-refractivity contribution >= 4 is 16.6 Å². The van der Waals surface area contributed by atoms with Crippen LogP contribution in [-0.2, 0) is 6.54 Å². The van der Waals surface area contributed by atoms with Gasteiger partial charge in [-0.3, -0.25) is 9.59 Å². The molecule has 0 N–H and O–H groups in total. The van der Waals surface area contributed by atoms with Crippen LogP contribution >= 0.6 is 0 Å². The summed E-state index contributed by atoms with van der Waals surface area (Å²) < 4.78 is 1.46. The van der Waals surface area contributed by atoms with Gasteiger partial charge in [-0.15, -0.1) is 0 Å². The van der Waals surface area contributed by atoms with Crippen LogP contribution in [0.15, 0.2) is 71.7 Å². The first-order valence-corrected chi connectivity index (χ1v) is 6.42. The quantitative estimate of drug-likeness (QED) is 0.681. The lowest BCUT2D eigenvalue weighted by atomic mass is 10.1. The predicted molar refractivity (Wildman–Crippen MR) is 79.0 cm³/mol. The molecule has 1 aromatic heterocycles. The van der Waals surface area contributed by atoms with Gasteiger partial charge in [-0.1, -0.05) is 48.5 Å². The van der Waals surface area contributed by atoms with Crippen LogP contribution in [0.5, 0.6) is 0 Å². The SMILES string of the molecule is O=C(Cn1ccc2ccccc2c1=O)c1ccccc1. The van der Waals surface area contributed by atoms with Crippen molar-refractivity contribution in [3.05, 3.63) is 82.8 Å². The van der Waals surface area contributed by atoms with E-state index in [1.807, 2.05) is 42.5 Å². The molecule has 0 aliphatic carbocycles. The van der Waals surface area contributed by atoms with Crippen molar-refractivity contribution in [1.82, 2.24) is 4.57 Å². The highest BCUT2D eigenvalue weighted by Gasteiger charge is 2.08. The molecule has 0 saturated carbocycles. The van der Waals surface area contributed by atoms with Gasteiger partial charge in [0.1, 0.15) is 0 Å². The molecular formula is C17H13NO2. The summed E-state index contributed by atoms with van der Waals surface area (Å²) in [6, 6.07) is 18.2. The highest BCUT2D eigenvalue weighted by molar-refractivity contribution is 5.96. The number of carbonyl (C=O) groups excluding carboxylic acids is 1. The fourth-order valence-corrected chi connectivity index (χ4v) is 2.22. The van der Waals surface area contributed by atoms with Gasteiger partial charge >= 0.3 is 0 Å². The van der Waals surface area contributed by atoms with E-state index < -0.39 is 0 Å². The average molecular weight is 263 g/mol. The standard InChI is InChI=1S/C17H13NO2/c19-16(14-7-2-1-3-8-14)12-18-11-10-13-6-4-5-9-15(13)17(18)20/h1-11H,12H2. The van der Waals surface area contributed by atoms with Crippen molar-refractivity contribution < 1.29 is 4.79 Å². The van der Waals surface area contributed by atoms with Crippen LogP contribution in [0, 0.1) is 0 Å². The van der Waals surface area contributed by atoms with Crippen LogP contribution in [0.1, 0.15) is 10.4 Å². The second kappa shape index (κ2) is 5.13. The third kappa shape index (κ3) is 2.26. The van der Waals surface area contributed by atoms with E-state index in [4.69, 9.17) is 0 Å². The number of carbonyl (C=O) groups is 1. The van der Waals surface area contributed by atoms with Gasteiger partial charge in [-0.05, 0) is 17.5 Å². The lowest BCUT2D eigenvalue weighted by molar-refractivity contribution is 0.0971. The number of fused-ring (bicyclic) bond motifs is 1. The van der Waals surface area contributed by atoms with Gasteiger partial charge in [0.05, 0.1) is 6.54 Å². The Morgan fingerprint density at radius 3 is 2.40 bits per heavy atom. The first-order valence-electron chi connectivity index (χ1n) is 6.42. The molecule has 20 heavy (non-hydrogen) atoms. The summed E-state index contributed by atoms with van der Waals surface area (Å²) in [4.78, 5) is 24.4. The Bertz CT molecular complexity index is 819. The molecule has 3 rings (SSSR count). The Labute approximate surface area is 116 Å². The van der Waals surface area contributed by atoms with Gasteiger partial charge in [0.25, 0.3) is 5.56 Å². The number of hydrogen-bond donors (Lipinski definition) is 0. The number of aromatic nitrogens is 1. The molecule has 0 saturated heterocycles. The van der Waals surface area contributed by atoms with Crippen molar-refractivity contribution in [2.75, 3.05) is 0 Å². The monoisotopic (exact) mass is 263 g/mol. The fraction of sp³-hybridized carbons (Fsp3) is 0.0588. The maximum Gasteiger partial charge on any atom is 0.258 e. The van der Waals surface area contributed by atoms with E-state index in [-0.39, 0.29) is 17.9 Å². The van der Waals surface area contributed by atoms with Crippen molar-refractivity contribution in [1.29, 1.82) is 0 Å². The second-order valence-corrected chi connectivity index (χ2v) is 4.63. The van der Waals surface area contributed by atoms with Gasteiger partial charge in [0.2, 0.25) is 0 Å². The highest BCUT2D eigenvalue weighted by atomic mass is 16.1. The van der Waals surface area contributed by atoms with E-state index in [0.717, 1.165) is 5.39 Å². The largest absolute Gasteiger partial charge is 0.307 e. The summed E-state index contributed by atoms with van der Waals surface area (Å²) >= 11 is 0. The summed E-state index contributed by atoms with van der Waals surface area (Å²) in [6.45, 7) is 0.0632. The van der Waals surface area contributed by atoms with E-state index in [1.54, 1.807) is 24.4 Å². The number of Topliss-reactive ketones (excluding diaryl/α,β-unsaturated/α-hetero) is 1. The zero-order valence-corrected chi connectivity index (χ0v) is 10.8. The minimum Gasteiger partial charge on any atom is -0.307 e. The van der Waals surface area contributed by atoms with Crippen molar-refractivity contribution in [3.63, 3.8) is 0 Å². The summed E-state index contributed by atoms with van der Waals surface area (Å²) in [5, 5.41) is 1.52. The van der Waals surface area contributed by atoms with Crippen LogP contribution in [0.3, 0.4) is 0 Å². The molecule has 0 aliphatic rings. The van der Waals surface area contributed by atoms with E-state index in [1.165, 1.54) is 4.57 Å². The molecule has 0 unspecified atom stereocenters. The molecule has 1 heterocycles. The van der Waals surface area contributed by atoms with E-state index >= 15 is 0 Å². The molecule has 0 atom stereocenters. The number of nitrogens with zero attached hydrogens (tertiary/aromatic N) is 1. The van der Waals surface area contributed by atoms with Crippen molar-refractivity contribution in [2.24, 2.45) is 0 Å². The molecule has 0 bridgehead atoms. The first-order chi connectivity index (χ1) is 9.75. The number of hydrogen-bond acceptors (Lipinski definition) is 2. The van der Waals surface area contributed by atoms with Crippen LogP contribution in [0.2, 0.25) is 0 Å². The molecule has 98 valence electrons. The van der Waals surface area contributed by atoms with Crippen LogP contribution < -0.4 is 5.56 Å². The minimum atomic E-state index is -0.132. The Hall–Kier alpha value is -2.68. The molecule has 0 fully saturated rings. The molecule has 0 spiro atoms. The highest BCUT2D eigenvalue weighted by Crippen LogP contribution is 2.09. The van der Waals surface area contributed by atoms with Crippen molar-refractivity contribution in [3.8, 4) is 0 Å². The molecule has 3 aromatic rings. The number of pyridine rings is 1. The lowest BCUT2D eigenvalue weighted by Crippen LogP contribution is -2.23. The third-order valence-corrected chi connectivity index (χ3v) is 3.30. The number of rotatable bonds is 3. The topological polar surface area (TPSA) is 39.1 Å². The van der Waals surface area contributed by atoms with Gasteiger partial charge in [-0.25, -0.2) is 0 Å². The maximum absolute atomic E-state index is 12.3. The summed E-state index contributed by atoms with van der Waals surface area (Å²) in [5.41, 5.74) is 0.486. The summed E-state index contributed by atoms with van der Waals surface area (Å²) in [5.74, 6) is -0.0667. The molecule has 3 heteroatoms. The normalized spacial score (nSPS) is 10.6. The first kappa shape index (κ1) is 12.4. The fourth-order valence-electron chi connectivity index (χ4n) is 2.22. The molecule has 0 aliphatic heterocycles. The Kier molecular flexibility index (Phi) is 3.17. The zero-order chi connectivity index (χ0) is 13.9. The molecule has 3 nitrogen and oxygen atoms in total. The number of ketones is 1. The Morgan fingerprint density at radius 2 is 1.60 bits per heavy atom. The van der Waals surface area contributed by atoms with E-state index in [9.17, 15) is 9.59 Å². The average Bonchev–Trinajstić information content (AvgIpc) is 2.51.